The first-order valence-corrected chi connectivity index (χ1v) is 10.1. The highest BCUT2D eigenvalue weighted by Gasteiger charge is 2.23. The predicted molar refractivity (Wildman–Crippen MR) is 118 cm³/mol. The number of carbonyl (C=O) groups is 1. The summed E-state index contributed by atoms with van der Waals surface area (Å²) in [4.78, 5) is 21.2. The minimum absolute atomic E-state index is 0.0917. The van der Waals surface area contributed by atoms with E-state index < -0.39 is 0 Å². The van der Waals surface area contributed by atoms with Crippen LogP contribution in [0.5, 0.6) is 0 Å². The molecule has 7 heteroatoms. The van der Waals surface area contributed by atoms with Gasteiger partial charge in [0, 0.05) is 37.9 Å². The minimum atomic E-state index is 0.0917. The number of hydrogen-bond acceptors (Lipinski definition) is 6. The van der Waals surface area contributed by atoms with Crippen LogP contribution in [-0.4, -0.2) is 52.2 Å². The Balaban J connectivity index is 1.35. The van der Waals surface area contributed by atoms with E-state index in [2.05, 4.69) is 32.3 Å². The van der Waals surface area contributed by atoms with Gasteiger partial charge in [-0.05, 0) is 73.9 Å². The van der Waals surface area contributed by atoms with Crippen LogP contribution in [0.15, 0.2) is 48.7 Å². The third-order valence-electron chi connectivity index (χ3n) is 5.47. The first-order chi connectivity index (χ1) is 14.5. The molecule has 4 rings (SSSR count). The maximum absolute atomic E-state index is 12.8. The van der Waals surface area contributed by atoms with Gasteiger partial charge >= 0.3 is 0 Å². The Morgan fingerprint density at radius 1 is 0.867 bits per heavy atom. The number of amides is 1. The van der Waals surface area contributed by atoms with Gasteiger partial charge < -0.3 is 15.1 Å². The normalized spacial score (nSPS) is 14.0. The van der Waals surface area contributed by atoms with E-state index in [1.807, 2.05) is 61.2 Å². The molecular weight excluding hydrogens is 376 g/mol. The zero-order valence-corrected chi connectivity index (χ0v) is 17.6. The number of hydrogen-bond donors (Lipinski definition) is 1. The van der Waals surface area contributed by atoms with Gasteiger partial charge in [-0.1, -0.05) is 6.07 Å². The number of carbonyl (C=O) groups excluding carboxylic acids is 1. The van der Waals surface area contributed by atoms with Gasteiger partial charge in [0.05, 0.1) is 0 Å². The summed E-state index contributed by atoms with van der Waals surface area (Å²) in [6.45, 7) is 8.92. The maximum Gasteiger partial charge on any atom is 0.253 e. The highest BCUT2D eigenvalue weighted by Crippen LogP contribution is 2.18. The lowest BCUT2D eigenvalue weighted by atomic mass is 10.1. The molecule has 0 unspecified atom stereocenters. The van der Waals surface area contributed by atoms with Crippen molar-refractivity contribution in [2.75, 3.05) is 36.4 Å². The van der Waals surface area contributed by atoms with Crippen LogP contribution in [0.4, 0.5) is 17.5 Å². The van der Waals surface area contributed by atoms with Crippen LogP contribution >= 0.6 is 0 Å². The number of aromatic nitrogens is 3. The van der Waals surface area contributed by atoms with Crippen LogP contribution in [0, 0.1) is 20.8 Å². The van der Waals surface area contributed by atoms with Crippen molar-refractivity contribution in [1.29, 1.82) is 0 Å². The summed E-state index contributed by atoms with van der Waals surface area (Å²) in [5.41, 5.74) is 4.23. The molecule has 0 atom stereocenters. The number of anilines is 3. The second-order valence-electron chi connectivity index (χ2n) is 7.70. The SMILES string of the molecule is Cc1ccnc(Nc2ccc(N3CCN(C(=O)c4ccc(C)c(C)c4)CC3)nn2)c1. The van der Waals surface area contributed by atoms with Crippen LogP contribution in [0.3, 0.4) is 0 Å². The maximum atomic E-state index is 12.8. The van der Waals surface area contributed by atoms with E-state index in [1.165, 1.54) is 5.56 Å². The summed E-state index contributed by atoms with van der Waals surface area (Å²) in [5.74, 6) is 2.31. The summed E-state index contributed by atoms with van der Waals surface area (Å²) in [6.07, 6.45) is 1.76. The van der Waals surface area contributed by atoms with Crippen molar-refractivity contribution in [2.45, 2.75) is 20.8 Å². The highest BCUT2D eigenvalue weighted by molar-refractivity contribution is 5.94. The van der Waals surface area contributed by atoms with Crippen LogP contribution in [0.2, 0.25) is 0 Å². The lowest BCUT2D eigenvalue weighted by Gasteiger charge is -2.35. The lowest BCUT2D eigenvalue weighted by Crippen LogP contribution is -2.49. The quantitative estimate of drug-likeness (QED) is 0.720. The lowest BCUT2D eigenvalue weighted by molar-refractivity contribution is 0.0746. The molecule has 30 heavy (non-hydrogen) atoms. The first-order valence-electron chi connectivity index (χ1n) is 10.1. The van der Waals surface area contributed by atoms with Gasteiger partial charge in [-0.25, -0.2) is 4.98 Å². The molecule has 0 aliphatic carbocycles. The van der Waals surface area contributed by atoms with E-state index in [0.29, 0.717) is 18.9 Å². The summed E-state index contributed by atoms with van der Waals surface area (Å²) in [7, 11) is 0. The molecule has 3 heterocycles. The second kappa shape index (κ2) is 8.49. The Hall–Kier alpha value is -3.48. The van der Waals surface area contributed by atoms with E-state index >= 15 is 0 Å². The molecule has 1 fully saturated rings. The van der Waals surface area contributed by atoms with Gasteiger partial charge in [-0.3, -0.25) is 4.79 Å². The van der Waals surface area contributed by atoms with Crippen molar-refractivity contribution in [3.05, 3.63) is 70.9 Å². The van der Waals surface area contributed by atoms with Crippen molar-refractivity contribution in [1.82, 2.24) is 20.1 Å². The number of rotatable bonds is 4. The molecule has 1 amide bonds. The highest BCUT2D eigenvalue weighted by atomic mass is 16.2. The van der Waals surface area contributed by atoms with Crippen LogP contribution in [0.1, 0.15) is 27.0 Å². The Morgan fingerprint density at radius 2 is 1.67 bits per heavy atom. The molecule has 1 N–H and O–H groups in total. The molecule has 3 aromatic rings. The van der Waals surface area contributed by atoms with E-state index in [9.17, 15) is 4.79 Å². The summed E-state index contributed by atoms with van der Waals surface area (Å²) >= 11 is 0. The standard InChI is InChI=1S/C23H26N6O/c1-16-8-9-24-21(14-16)25-20-6-7-22(27-26-20)28-10-12-29(13-11-28)23(30)19-5-4-17(2)18(3)15-19/h4-9,14-15H,10-13H2,1-3H3,(H,24,25,26). The van der Waals surface area contributed by atoms with Crippen LogP contribution in [0.25, 0.3) is 0 Å². The fourth-order valence-electron chi connectivity index (χ4n) is 3.49. The molecule has 1 aromatic carbocycles. The van der Waals surface area contributed by atoms with Crippen LogP contribution < -0.4 is 10.2 Å². The summed E-state index contributed by atoms with van der Waals surface area (Å²) in [6, 6.07) is 13.7. The number of aryl methyl sites for hydroxylation is 3. The average molecular weight is 403 g/mol. The molecule has 1 saturated heterocycles. The molecule has 0 bridgehead atoms. The number of nitrogens with zero attached hydrogens (tertiary/aromatic N) is 5. The third kappa shape index (κ3) is 4.40. The first kappa shape index (κ1) is 19.8. The van der Waals surface area contributed by atoms with E-state index in [4.69, 9.17) is 0 Å². The molecular formula is C23H26N6O. The minimum Gasteiger partial charge on any atom is -0.352 e. The van der Waals surface area contributed by atoms with Crippen molar-refractivity contribution in [2.24, 2.45) is 0 Å². The molecule has 0 spiro atoms. The van der Waals surface area contributed by atoms with Crippen molar-refractivity contribution in [3.8, 4) is 0 Å². The fraction of sp³-hybridized carbons (Fsp3) is 0.304. The summed E-state index contributed by atoms with van der Waals surface area (Å²) < 4.78 is 0. The van der Waals surface area contributed by atoms with Gasteiger partial charge in [-0.2, -0.15) is 0 Å². The van der Waals surface area contributed by atoms with E-state index in [-0.39, 0.29) is 5.91 Å². The Kier molecular flexibility index (Phi) is 5.61. The zero-order chi connectivity index (χ0) is 21.1. The molecule has 2 aromatic heterocycles. The molecule has 0 radical (unpaired) electrons. The zero-order valence-electron chi connectivity index (χ0n) is 17.6. The topological polar surface area (TPSA) is 74.2 Å². The van der Waals surface area contributed by atoms with Gasteiger partial charge in [0.1, 0.15) is 5.82 Å². The van der Waals surface area contributed by atoms with E-state index in [0.717, 1.165) is 41.4 Å². The second-order valence-corrected chi connectivity index (χ2v) is 7.70. The molecule has 1 aliphatic heterocycles. The average Bonchev–Trinajstić information content (AvgIpc) is 2.76. The number of piperazine rings is 1. The fourth-order valence-corrected chi connectivity index (χ4v) is 3.49. The Morgan fingerprint density at radius 3 is 2.33 bits per heavy atom. The predicted octanol–water partition coefficient (Wildman–Crippen LogP) is 3.50. The number of pyridine rings is 1. The number of nitrogens with one attached hydrogen (secondary N) is 1. The van der Waals surface area contributed by atoms with E-state index in [1.54, 1.807) is 6.20 Å². The molecule has 1 aliphatic rings. The van der Waals surface area contributed by atoms with Crippen molar-refractivity contribution >= 4 is 23.4 Å². The molecule has 0 saturated carbocycles. The largest absolute Gasteiger partial charge is 0.352 e. The van der Waals surface area contributed by atoms with Crippen LogP contribution in [-0.2, 0) is 0 Å². The Bertz CT molecular complexity index is 1040. The molecule has 154 valence electrons. The van der Waals surface area contributed by atoms with Crippen molar-refractivity contribution in [3.63, 3.8) is 0 Å². The summed E-state index contributed by atoms with van der Waals surface area (Å²) in [5, 5.41) is 11.8. The smallest absolute Gasteiger partial charge is 0.253 e. The molecule has 7 nitrogen and oxygen atoms in total. The number of benzene rings is 1. The van der Waals surface area contributed by atoms with Gasteiger partial charge in [0.25, 0.3) is 5.91 Å². The van der Waals surface area contributed by atoms with Gasteiger partial charge in [0.15, 0.2) is 11.6 Å². The third-order valence-corrected chi connectivity index (χ3v) is 5.47. The monoisotopic (exact) mass is 402 g/mol. The Labute approximate surface area is 176 Å². The van der Waals surface area contributed by atoms with Crippen molar-refractivity contribution < 1.29 is 4.79 Å². The van der Waals surface area contributed by atoms with Gasteiger partial charge in [0.2, 0.25) is 0 Å². The van der Waals surface area contributed by atoms with Gasteiger partial charge in [-0.15, -0.1) is 10.2 Å².